The Bertz CT molecular complexity index is 1350. The van der Waals surface area contributed by atoms with E-state index in [9.17, 15) is 17.6 Å². The third-order valence-corrected chi connectivity index (χ3v) is 9.78. The van der Waals surface area contributed by atoms with E-state index in [2.05, 4.69) is 0 Å². The molecule has 2 fully saturated rings. The molecule has 2 aliphatic rings. The van der Waals surface area contributed by atoms with Crippen molar-refractivity contribution in [2.75, 3.05) is 37.7 Å². The fraction of sp³-hybridized carbons (Fsp3) is 0.462. The van der Waals surface area contributed by atoms with E-state index < -0.39 is 15.8 Å². The largest absolute Gasteiger partial charge is 0.494 e. The number of piperidine rings is 1. The maximum absolute atomic E-state index is 13.8. The second kappa shape index (κ2) is 11.0. The minimum Gasteiger partial charge on any atom is -0.494 e. The summed E-state index contributed by atoms with van der Waals surface area (Å²) in [6.07, 6.45) is 2.61. The lowest BCUT2D eigenvalue weighted by molar-refractivity contribution is -0.123. The first-order valence-electron chi connectivity index (χ1n) is 12.6. The second-order valence-corrected chi connectivity index (χ2v) is 12.2. The average molecular weight is 548 g/mol. The summed E-state index contributed by atoms with van der Waals surface area (Å²) in [4.78, 5) is 20.3. The molecule has 1 atom stereocenters. The van der Waals surface area contributed by atoms with Crippen LogP contribution < -0.4 is 9.64 Å². The van der Waals surface area contributed by atoms with E-state index in [1.54, 1.807) is 4.90 Å². The quantitative estimate of drug-likeness (QED) is 0.414. The zero-order chi connectivity index (χ0) is 26.0. The van der Waals surface area contributed by atoms with Gasteiger partial charge in [-0.05, 0) is 75.1 Å². The van der Waals surface area contributed by atoms with Crippen LogP contribution in [0.25, 0.3) is 10.2 Å². The predicted octanol–water partition coefficient (Wildman–Crippen LogP) is 4.45. The van der Waals surface area contributed by atoms with Crippen LogP contribution in [0.3, 0.4) is 0 Å². The van der Waals surface area contributed by atoms with Crippen LogP contribution in [0.5, 0.6) is 5.75 Å². The first kappa shape index (κ1) is 26.0. The zero-order valence-corrected chi connectivity index (χ0v) is 22.3. The van der Waals surface area contributed by atoms with E-state index >= 15 is 0 Å². The molecular weight excluding hydrogens is 517 g/mol. The number of benzene rings is 2. The summed E-state index contributed by atoms with van der Waals surface area (Å²) in [6.45, 7) is 4.05. The van der Waals surface area contributed by atoms with Gasteiger partial charge in [-0.2, -0.15) is 4.31 Å². The van der Waals surface area contributed by atoms with Crippen molar-refractivity contribution in [3.05, 3.63) is 48.3 Å². The van der Waals surface area contributed by atoms with Gasteiger partial charge in [-0.1, -0.05) is 11.3 Å². The molecule has 3 aromatic rings. The molecule has 2 aromatic carbocycles. The lowest BCUT2D eigenvalue weighted by Crippen LogP contribution is -2.46. The third-order valence-electron chi connectivity index (χ3n) is 6.82. The highest BCUT2D eigenvalue weighted by Crippen LogP contribution is 2.34. The molecule has 0 saturated carbocycles. The summed E-state index contributed by atoms with van der Waals surface area (Å²) in [5.74, 6) is -0.110. The Kier molecular flexibility index (Phi) is 7.75. The predicted molar refractivity (Wildman–Crippen MR) is 140 cm³/mol. The molecule has 8 nitrogen and oxygen atoms in total. The Balaban J connectivity index is 1.33. The zero-order valence-electron chi connectivity index (χ0n) is 20.6. The molecule has 3 heterocycles. The SMILES string of the molecule is CCOc1ccc2nc(N(CC3CCCO3)C(=O)C3CCN(S(=O)(=O)c4ccc(F)cc4)CC3)sc2c1. The van der Waals surface area contributed by atoms with Crippen molar-refractivity contribution in [2.24, 2.45) is 5.92 Å². The van der Waals surface area contributed by atoms with E-state index in [0.29, 0.717) is 37.7 Å². The number of amides is 1. The topological polar surface area (TPSA) is 89.0 Å². The van der Waals surface area contributed by atoms with E-state index in [-0.39, 0.29) is 35.9 Å². The number of hydrogen-bond acceptors (Lipinski definition) is 7. The number of halogens is 1. The monoisotopic (exact) mass is 547 g/mol. The molecule has 2 saturated heterocycles. The second-order valence-electron chi connectivity index (χ2n) is 9.28. The summed E-state index contributed by atoms with van der Waals surface area (Å²) < 4.78 is 53.0. The summed E-state index contributed by atoms with van der Waals surface area (Å²) in [5.41, 5.74) is 0.800. The summed E-state index contributed by atoms with van der Waals surface area (Å²) in [7, 11) is -3.75. The molecule has 1 unspecified atom stereocenters. The van der Waals surface area contributed by atoms with Gasteiger partial charge in [0.15, 0.2) is 5.13 Å². The summed E-state index contributed by atoms with van der Waals surface area (Å²) in [6, 6.07) is 10.5. The average Bonchev–Trinajstić information content (AvgIpc) is 3.57. The summed E-state index contributed by atoms with van der Waals surface area (Å²) in [5, 5.41) is 0.616. The molecule has 0 aliphatic carbocycles. The van der Waals surface area contributed by atoms with E-state index in [4.69, 9.17) is 14.5 Å². The molecule has 1 aromatic heterocycles. The number of hydrogen-bond donors (Lipinski definition) is 0. The number of nitrogens with zero attached hydrogens (tertiary/aromatic N) is 3. The highest BCUT2D eigenvalue weighted by Gasteiger charge is 2.36. The molecular formula is C26H30FN3O5S2. The van der Waals surface area contributed by atoms with Crippen LogP contribution in [0.4, 0.5) is 9.52 Å². The van der Waals surface area contributed by atoms with Crippen molar-refractivity contribution in [1.82, 2.24) is 9.29 Å². The normalized spacial score (nSPS) is 19.4. The van der Waals surface area contributed by atoms with Gasteiger partial charge in [0, 0.05) is 25.6 Å². The molecule has 198 valence electrons. The van der Waals surface area contributed by atoms with Crippen molar-refractivity contribution < 1.29 is 27.1 Å². The van der Waals surface area contributed by atoms with Gasteiger partial charge in [0.05, 0.1) is 34.4 Å². The standard InChI is InChI=1S/C26H30FN3O5S2/c1-2-34-20-7-10-23-24(16-20)36-26(28-23)30(17-21-4-3-15-35-21)25(31)18-11-13-29(14-12-18)37(32,33)22-8-5-19(27)6-9-22/h5-10,16,18,21H,2-4,11-15,17H2,1H3. The van der Waals surface area contributed by atoms with Crippen molar-refractivity contribution in [3.8, 4) is 5.75 Å². The summed E-state index contributed by atoms with van der Waals surface area (Å²) >= 11 is 1.45. The first-order valence-corrected chi connectivity index (χ1v) is 14.8. The number of sulfonamides is 1. The smallest absolute Gasteiger partial charge is 0.243 e. The van der Waals surface area contributed by atoms with Crippen LogP contribution in [0.15, 0.2) is 47.4 Å². The Hall–Kier alpha value is -2.60. The number of thiazole rings is 1. The number of carbonyl (C=O) groups excluding carboxylic acids is 1. The Morgan fingerprint density at radius 1 is 1.19 bits per heavy atom. The van der Waals surface area contributed by atoms with Crippen molar-refractivity contribution >= 4 is 42.6 Å². The molecule has 0 radical (unpaired) electrons. The lowest BCUT2D eigenvalue weighted by atomic mass is 9.96. The number of aromatic nitrogens is 1. The Morgan fingerprint density at radius 2 is 1.95 bits per heavy atom. The van der Waals surface area contributed by atoms with Crippen LogP contribution in [-0.2, 0) is 19.6 Å². The van der Waals surface area contributed by atoms with Crippen LogP contribution in [0, 0.1) is 11.7 Å². The molecule has 37 heavy (non-hydrogen) atoms. The first-order chi connectivity index (χ1) is 17.8. The molecule has 1 amide bonds. The number of fused-ring (bicyclic) bond motifs is 1. The Labute approximate surface area is 220 Å². The molecule has 2 aliphatic heterocycles. The Morgan fingerprint density at radius 3 is 2.62 bits per heavy atom. The van der Waals surface area contributed by atoms with Crippen molar-refractivity contribution in [2.45, 2.75) is 43.6 Å². The van der Waals surface area contributed by atoms with Crippen molar-refractivity contribution in [3.63, 3.8) is 0 Å². The fourth-order valence-corrected chi connectivity index (χ4v) is 7.32. The fourth-order valence-electron chi connectivity index (χ4n) is 4.84. The van der Waals surface area contributed by atoms with Gasteiger partial charge < -0.3 is 9.47 Å². The minimum atomic E-state index is -3.75. The lowest BCUT2D eigenvalue weighted by Gasteiger charge is -2.33. The highest BCUT2D eigenvalue weighted by atomic mass is 32.2. The van der Waals surface area contributed by atoms with Gasteiger partial charge in [-0.25, -0.2) is 17.8 Å². The van der Waals surface area contributed by atoms with Gasteiger partial charge in [0.2, 0.25) is 15.9 Å². The number of ether oxygens (including phenoxy) is 2. The number of carbonyl (C=O) groups is 1. The molecule has 5 rings (SSSR count). The van der Waals surface area contributed by atoms with Crippen LogP contribution in [0.1, 0.15) is 32.6 Å². The van der Waals surface area contributed by atoms with Gasteiger partial charge >= 0.3 is 0 Å². The van der Waals surface area contributed by atoms with Crippen LogP contribution >= 0.6 is 11.3 Å². The van der Waals surface area contributed by atoms with Crippen LogP contribution in [0.2, 0.25) is 0 Å². The van der Waals surface area contributed by atoms with Gasteiger partial charge in [0.25, 0.3) is 0 Å². The number of rotatable bonds is 8. The van der Waals surface area contributed by atoms with E-state index in [1.165, 1.54) is 27.8 Å². The van der Waals surface area contributed by atoms with E-state index in [0.717, 1.165) is 40.9 Å². The van der Waals surface area contributed by atoms with Crippen LogP contribution in [-0.4, -0.2) is 62.6 Å². The van der Waals surface area contributed by atoms with Gasteiger partial charge in [-0.3, -0.25) is 9.69 Å². The van der Waals surface area contributed by atoms with Gasteiger partial charge in [0.1, 0.15) is 11.6 Å². The molecule has 0 N–H and O–H groups in total. The maximum Gasteiger partial charge on any atom is 0.243 e. The maximum atomic E-state index is 13.8. The number of anilines is 1. The van der Waals surface area contributed by atoms with Crippen molar-refractivity contribution in [1.29, 1.82) is 0 Å². The highest BCUT2D eigenvalue weighted by molar-refractivity contribution is 7.89. The molecule has 0 spiro atoms. The van der Waals surface area contributed by atoms with E-state index in [1.807, 2.05) is 25.1 Å². The minimum absolute atomic E-state index is 0.0473. The third kappa shape index (κ3) is 5.64. The molecule has 0 bridgehead atoms. The van der Waals surface area contributed by atoms with Gasteiger partial charge in [-0.15, -0.1) is 0 Å². The molecule has 11 heteroatoms.